The van der Waals surface area contributed by atoms with Crippen LogP contribution in [0.15, 0.2) is 40.7 Å². The fourth-order valence-corrected chi connectivity index (χ4v) is 3.75. The first-order valence-electron chi connectivity index (χ1n) is 9.13. The van der Waals surface area contributed by atoms with E-state index in [9.17, 15) is 4.79 Å². The number of nitrogens with one attached hydrogen (secondary N) is 1. The van der Waals surface area contributed by atoms with Gasteiger partial charge in [-0.15, -0.1) is 11.3 Å². The van der Waals surface area contributed by atoms with Gasteiger partial charge in [0.05, 0.1) is 18.8 Å². The number of carbonyl (C=O) groups excluding carboxylic acids is 1. The summed E-state index contributed by atoms with van der Waals surface area (Å²) in [6.07, 6.45) is 1.41. The zero-order valence-electron chi connectivity index (χ0n) is 15.4. The number of hydrogen-bond donors (Lipinski definition) is 2. The Bertz CT molecular complexity index is 769. The SMILES string of the molecule is CCOC(=O)N1CCC(NC(N)=NCc2csc(-c3ccccc3)n2)CC1. The summed E-state index contributed by atoms with van der Waals surface area (Å²) in [7, 11) is 0. The van der Waals surface area contributed by atoms with Gasteiger partial charge in [0.2, 0.25) is 0 Å². The van der Waals surface area contributed by atoms with E-state index in [0.29, 0.717) is 32.2 Å². The number of guanidine groups is 1. The molecule has 0 radical (unpaired) electrons. The standard InChI is InChI=1S/C19H25N5O2S/c1-2-26-19(25)24-10-8-15(9-11-24)23-18(20)21-12-16-13-27-17(22-16)14-6-4-3-5-7-14/h3-7,13,15H,2,8-12H2,1H3,(H3,20,21,23). The number of carbonyl (C=O) groups is 1. The van der Waals surface area contributed by atoms with Crippen LogP contribution in [0.1, 0.15) is 25.5 Å². The Balaban J connectivity index is 1.47. The molecule has 2 heterocycles. The van der Waals surface area contributed by atoms with Gasteiger partial charge in [0.15, 0.2) is 5.96 Å². The third kappa shape index (κ3) is 5.43. The van der Waals surface area contributed by atoms with Gasteiger partial charge in [-0.2, -0.15) is 0 Å². The van der Waals surface area contributed by atoms with Gasteiger partial charge in [-0.1, -0.05) is 30.3 Å². The van der Waals surface area contributed by atoms with Crippen molar-refractivity contribution in [2.45, 2.75) is 32.4 Å². The van der Waals surface area contributed by atoms with Gasteiger partial charge in [-0.3, -0.25) is 0 Å². The molecule has 8 heteroatoms. The number of nitrogens with zero attached hydrogens (tertiary/aromatic N) is 3. The first-order valence-corrected chi connectivity index (χ1v) is 10.0. The van der Waals surface area contributed by atoms with E-state index in [4.69, 9.17) is 10.5 Å². The molecule has 1 amide bonds. The van der Waals surface area contributed by atoms with Gasteiger partial charge in [0, 0.05) is 30.1 Å². The number of benzene rings is 1. The second kappa shape index (κ2) is 9.36. The number of amides is 1. The molecule has 1 fully saturated rings. The number of aliphatic imine (C=N–C) groups is 1. The van der Waals surface area contributed by atoms with Crippen LogP contribution in [0.3, 0.4) is 0 Å². The highest BCUT2D eigenvalue weighted by Crippen LogP contribution is 2.23. The summed E-state index contributed by atoms with van der Waals surface area (Å²) in [5, 5.41) is 6.24. The molecular weight excluding hydrogens is 362 g/mol. The van der Waals surface area contributed by atoms with Crippen molar-refractivity contribution in [3.05, 3.63) is 41.4 Å². The third-order valence-corrected chi connectivity index (χ3v) is 5.30. The topological polar surface area (TPSA) is 92.8 Å². The fourth-order valence-electron chi connectivity index (χ4n) is 2.94. The predicted octanol–water partition coefficient (Wildman–Crippen LogP) is 2.84. The first-order chi connectivity index (χ1) is 13.2. The van der Waals surface area contributed by atoms with Crippen LogP contribution in [0, 0.1) is 0 Å². The van der Waals surface area contributed by atoms with E-state index < -0.39 is 0 Å². The molecule has 0 unspecified atom stereocenters. The van der Waals surface area contributed by atoms with E-state index in [0.717, 1.165) is 29.1 Å². The number of hydrogen-bond acceptors (Lipinski definition) is 5. The molecule has 0 bridgehead atoms. The van der Waals surface area contributed by atoms with Gasteiger partial charge >= 0.3 is 6.09 Å². The van der Waals surface area contributed by atoms with Crippen molar-refractivity contribution in [1.82, 2.24) is 15.2 Å². The largest absolute Gasteiger partial charge is 0.450 e. The Kier molecular flexibility index (Phi) is 6.64. The first kappa shape index (κ1) is 19.2. The van der Waals surface area contributed by atoms with E-state index in [2.05, 4.69) is 15.3 Å². The molecule has 1 aromatic carbocycles. The number of rotatable bonds is 5. The second-order valence-corrected chi connectivity index (χ2v) is 7.17. The van der Waals surface area contributed by atoms with Crippen LogP contribution in [-0.2, 0) is 11.3 Å². The van der Waals surface area contributed by atoms with Crippen LogP contribution >= 0.6 is 11.3 Å². The number of thiazole rings is 1. The highest BCUT2D eigenvalue weighted by Gasteiger charge is 2.23. The van der Waals surface area contributed by atoms with Gasteiger partial charge in [0.25, 0.3) is 0 Å². The van der Waals surface area contributed by atoms with Gasteiger partial charge in [-0.25, -0.2) is 14.8 Å². The molecule has 3 rings (SSSR count). The molecule has 0 aliphatic carbocycles. The Morgan fingerprint density at radius 1 is 1.37 bits per heavy atom. The predicted molar refractivity (Wildman–Crippen MR) is 108 cm³/mol. The summed E-state index contributed by atoms with van der Waals surface area (Å²) < 4.78 is 5.03. The second-order valence-electron chi connectivity index (χ2n) is 6.32. The molecule has 144 valence electrons. The van der Waals surface area contributed by atoms with Gasteiger partial charge < -0.3 is 20.7 Å². The van der Waals surface area contributed by atoms with E-state index >= 15 is 0 Å². The summed E-state index contributed by atoms with van der Waals surface area (Å²) in [5.74, 6) is 0.416. The van der Waals surface area contributed by atoms with Crippen LogP contribution in [0.5, 0.6) is 0 Å². The molecule has 0 spiro atoms. The fraction of sp³-hybridized carbons (Fsp3) is 0.421. The van der Waals surface area contributed by atoms with Crippen LogP contribution in [-0.4, -0.2) is 47.7 Å². The molecular formula is C19H25N5O2S. The Labute approximate surface area is 163 Å². The summed E-state index contributed by atoms with van der Waals surface area (Å²) in [6, 6.07) is 10.3. The molecule has 1 saturated heterocycles. The van der Waals surface area contributed by atoms with E-state index in [1.807, 2.05) is 42.6 Å². The lowest BCUT2D eigenvalue weighted by atomic mass is 10.1. The van der Waals surface area contributed by atoms with Crippen molar-refractivity contribution in [3.8, 4) is 10.6 Å². The van der Waals surface area contributed by atoms with Crippen LogP contribution in [0.2, 0.25) is 0 Å². The Hall–Kier alpha value is -2.61. The van der Waals surface area contributed by atoms with Crippen LogP contribution in [0.4, 0.5) is 4.79 Å². The van der Waals surface area contributed by atoms with Crippen molar-refractivity contribution >= 4 is 23.4 Å². The van der Waals surface area contributed by atoms with Gasteiger partial charge in [0.1, 0.15) is 5.01 Å². The Morgan fingerprint density at radius 2 is 2.11 bits per heavy atom. The van der Waals surface area contributed by atoms with Crippen molar-refractivity contribution < 1.29 is 9.53 Å². The molecule has 0 saturated carbocycles. The van der Waals surface area contributed by atoms with Gasteiger partial charge in [-0.05, 0) is 19.8 Å². The quantitative estimate of drug-likeness (QED) is 0.608. The summed E-state index contributed by atoms with van der Waals surface area (Å²) >= 11 is 1.61. The normalized spacial score (nSPS) is 15.6. The van der Waals surface area contributed by atoms with E-state index in [1.54, 1.807) is 16.2 Å². The smallest absolute Gasteiger partial charge is 0.409 e. The Morgan fingerprint density at radius 3 is 2.81 bits per heavy atom. The van der Waals surface area contributed by atoms with Crippen LogP contribution in [0.25, 0.3) is 10.6 Å². The number of piperidine rings is 1. The molecule has 0 atom stereocenters. The summed E-state index contributed by atoms with van der Waals surface area (Å²) in [4.78, 5) is 22.5. The molecule has 1 aromatic heterocycles. The van der Waals surface area contributed by atoms with Crippen molar-refractivity contribution in [1.29, 1.82) is 0 Å². The molecule has 3 N–H and O–H groups in total. The third-order valence-electron chi connectivity index (χ3n) is 4.36. The molecule has 27 heavy (non-hydrogen) atoms. The molecule has 7 nitrogen and oxygen atoms in total. The molecule has 1 aliphatic heterocycles. The summed E-state index contributed by atoms with van der Waals surface area (Å²) in [5.41, 5.74) is 8.03. The zero-order chi connectivity index (χ0) is 19.1. The minimum absolute atomic E-state index is 0.217. The number of nitrogens with two attached hydrogens (primary N) is 1. The van der Waals surface area contributed by atoms with Crippen molar-refractivity contribution in [2.75, 3.05) is 19.7 Å². The average molecular weight is 388 g/mol. The maximum atomic E-state index is 11.7. The number of ether oxygens (including phenoxy) is 1. The highest BCUT2D eigenvalue weighted by molar-refractivity contribution is 7.13. The summed E-state index contributed by atoms with van der Waals surface area (Å²) in [6.45, 7) is 3.99. The van der Waals surface area contributed by atoms with Crippen molar-refractivity contribution in [2.24, 2.45) is 10.7 Å². The number of likely N-dealkylation sites (tertiary alicyclic amines) is 1. The van der Waals surface area contributed by atoms with E-state index in [-0.39, 0.29) is 12.1 Å². The maximum Gasteiger partial charge on any atom is 0.409 e. The minimum atomic E-state index is -0.240. The highest BCUT2D eigenvalue weighted by atomic mass is 32.1. The maximum absolute atomic E-state index is 11.7. The van der Waals surface area contributed by atoms with Crippen LogP contribution < -0.4 is 11.1 Å². The monoisotopic (exact) mass is 387 g/mol. The lowest BCUT2D eigenvalue weighted by molar-refractivity contribution is 0.0963. The number of aromatic nitrogens is 1. The average Bonchev–Trinajstić information content (AvgIpc) is 3.17. The molecule has 2 aromatic rings. The van der Waals surface area contributed by atoms with Crippen molar-refractivity contribution in [3.63, 3.8) is 0 Å². The molecule has 1 aliphatic rings. The zero-order valence-corrected chi connectivity index (χ0v) is 16.2. The van der Waals surface area contributed by atoms with E-state index in [1.165, 1.54) is 0 Å². The lowest BCUT2D eigenvalue weighted by Crippen LogP contribution is -2.48. The lowest BCUT2D eigenvalue weighted by Gasteiger charge is -2.31. The minimum Gasteiger partial charge on any atom is -0.450 e.